The number of rotatable bonds is 3. The van der Waals surface area contributed by atoms with E-state index in [1.807, 2.05) is 29.2 Å². The maximum atomic E-state index is 12.9. The normalized spacial score (nSPS) is 15.5. The summed E-state index contributed by atoms with van der Waals surface area (Å²) in [6.45, 7) is 1.35. The zero-order chi connectivity index (χ0) is 17.2. The predicted octanol–water partition coefficient (Wildman–Crippen LogP) is 3.79. The molecule has 1 aromatic heterocycles. The molecule has 0 aliphatic carbocycles. The molecule has 5 nitrogen and oxygen atoms in total. The number of fused-ring (bicyclic) bond motifs is 1. The van der Waals surface area contributed by atoms with Gasteiger partial charge in [-0.2, -0.15) is 4.98 Å². The van der Waals surface area contributed by atoms with Crippen molar-refractivity contribution in [1.29, 1.82) is 0 Å². The number of ether oxygens (including phenoxy) is 1. The summed E-state index contributed by atoms with van der Waals surface area (Å²) in [7, 11) is 0. The maximum Gasteiger partial charge on any atom is 0.314 e. The van der Waals surface area contributed by atoms with E-state index in [2.05, 4.69) is 4.98 Å². The van der Waals surface area contributed by atoms with Crippen LogP contribution in [0.25, 0.3) is 11.1 Å². The summed E-state index contributed by atoms with van der Waals surface area (Å²) >= 11 is 0. The molecule has 25 heavy (non-hydrogen) atoms. The second-order valence-corrected chi connectivity index (χ2v) is 6.10. The summed E-state index contributed by atoms with van der Waals surface area (Å²) in [5.41, 5.74) is 1.59. The van der Waals surface area contributed by atoms with Gasteiger partial charge in [-0.05, 0) is 49.2 Å². The Bertz CT molecular complexity index is 850. The van der Waals surface area contributed by atoms with Gasteiger partial charge in [-0.25, -0.2) is 4.39 Å². The summed E-state index contributed by atoms with van der Waals surface area (Å²) < 4.78 is 24.0. The lowest BCUT2D eigenvalue weighted by Crippen LogP contribution is -2.37. The van der Waals surface area contributed by atoms with Crippen molar-refractivity contribution in [3.63, 3.8) is 0 Å². The number of anilines is 1. The third kappa shape index (κ3) is 3.33. The van der Waals surface area contributed by atoms with E-state index in [1.54, 1.807) is 0 Å². The van der Waals surface area contributed by atoms with Crippen molar-refractivity contribution in [1.82, 2.24) is 4.98 Å². The Kier molecular flexibility index (Phi) is 4.09. The first-order chi connectivity index (χ1) is 12.2. The van der Waals surface area contributed by atoms with Crippen LogP contribution in [0.5, 0.6) is 5.75 Å². The summed E-state index contributed by atoms with van der Waals surface area (Å²) in [5, 5.41) is 0. The first-order valence-electron chi connectivity index (χ1n) is 8.27. The molecule has 1 fully saturated rings. The fourth-order valence-electron chi connectivity index (χ4n) is 3.00. The summed E-state index contributed by atoms with van der Waals surface area (Å²) in [4.78, 5) is 18.8. The molecule has 0 radical (unpaired) electrons. The van der Waals surface area contributed by atoms with Gasteiger partial charge in [-0.15, -0.1) is 0 Å². The lowest BCUT2D eigenvalue weighted by Gasteiger charge is -2.29. The molecule has 2 heterocycles. The summed E-state index contributed by atoms with van der Waals surface area (Å²) in [6.07, 6.45) is 1.33. The minimum atomic E-state index is -0.355. The van der Waals surface area contributed by atoms with Gasteiger partial charge in [-0.1, -0.05) is 12.1 Å². The minimum absolute atomic E-state index is 0.175. The van der Waals surface area contributed by atoms with Crippen molar-refractivity contribution in [2.24, 2.45) is 5.92 Å². The van der Waals surface area contributed by atoms with Crippen LogP contribution in [-0.4, -0.2) is 24.0 Å². The summed E-state index contributed by atoms with van der Waals surface area (Å²) in [5.74, 6) is -0.436. The van der Waals surface area contributed by atoms with Crippen LogP contribution >= 0.6 is 0 Å². The zero-order valence-electron chi connectivity index (χ0n) is 13.5. The number of aromatic nitrogens is 1. The number of carbonyl (C=O) groups is 1. The number of carbonyl (C=O) groups excluding carboxylic acids is 1. The predicted molar refractivity (Wildman–Crippen MR) is 91.0 cm³/mol. The van der Waals surface area contributed by atoms with E-state index in [0.717, 1.165) is 11.1 Å². The number of benzene rings is 2. The van der Waals surface area contributed by atoms with Gasteiger partial charge in [0, 0.05) is 13.1 Å². The molecule has 1 saturated heterocycles. The van der Waals surface area contributed by atoms with Crippen LogP contribution in [0, 0.1) is 11.7 Å². The Morgan fingerprint density at radius 3 is 2.56 bits per heavy atom. The Hall–Kier alpha value is -2.89. The van der Waals surface area contributed by atoms with E-state index in [9.17, 15) is 9.18 Å². The van der Waals surface area contributed by atoms with Crippen LogP contribution in [0.1, 0.15) is 12.8 Å². The van der Waals surface area contributed by atoms with Crippen LogP contribution in [0.4, 0.5) is 10.4 Å². The second kappa shape index (κ2) is 6.55. The van der Waals surface area contributed by atoms with Crippen molar-refractivity contribution in [2.75, 3.05) is 18.0 Å². The van der Waals surface area contributed by atoms with Gasteiger partial charge >= 0.3 is 5.97 Å². The highest BCUT2D eigenvalue weighted by molar-refractivity contribution is 5.76. The average Bonchev–Trinajstić information content (AvgIpc) is 3.08. The number of para-hydroxylation sites is 2. The second-order valence-electron chi connectivity index (χ2n) is 6.10. The Morgan fingerprint density at radius 1 is 1.12 bits per heavy atom. The first kappa shape index (κ1) is 15.6. The Labute approximate surface area is 144 Å². The molecule has 3 aromatic rings. The first-order valence-corrected chi connectivity index (χ1v) is 8.27. The van der Waals surface area contributed by atoms with Crippen LogP contribution in [0.2, 0.25) is 0 Å². The number of oxazole rings is 1. The van der Waals surface area contributed by atoms with Gasteiger partial charge in [0.05, 0.1) is 5.92 Å². The fraction of sp³-hybridized carbons (Fsp3) is 0.263. The zero-order valence-corrected chi connectivity index (χ0v) is 13.5. The molecule has 0 N–H and O–H groups in total. The van der Waals surface area contributed by atoms with Crippen LogP contribution in [0.15, 0.2) is 52.9 Å². The van der Waals surface area contributed by atoms with Crippen molar-refractivity contribution in [3.8, 4) is 5.75 Å². The van der Waals surface area contributed by atoms with Gasteiger partial charge in [-0.3, -0.25) is 4.79 Å². The number of hydrogen-bond acceptors (Lipinski definition) is 5. The molecule has 0 amide bonds. The van der Waals surface area contributed by atoms with E-state index in [1.165, 1.54) is 24.3 Å². The van der Waals surface area contributed by atoms with Gasteiger partial charge in [0.1, 0.15) is 17.1 Å². The lowest BCUT2D eigenvalue weighted by molar-refractivity contribution is -0.139. The SMILES string of the molecule is O=C(Oc1ccc(F)cc1)C1CCN(c2nc3ccccc3o2)CC1. The van der Waals surface area contributed by atoms with Gasteiger partial charge in [0.25, 0.3) is 6.01 Å². The van der Waals surface area contributed by atoms with E-state index in [0.29, 0.717) is 37.7 Å². The van der Waals surface area contributed by atoms with Crippen molar-refractivity contribution < 1.29 is 18.3 Å². The van der Waals surface area contributed by atoms with Gasteiger partial charge in [0.15, 0.2) is 5.58 Å². The maximum absolute atomic E-state index is 12.9. The summed E-state index contributed by atoms with van der Waals surface area (Å²) in [6, 6.07) is 13.7. The molecule has 6 heteroatoms. The molecule has 0 bridgehead atoms. The molecule has 0 saturated carbocycles. The molecule has 1 aliphatic rings. The number of halogens is 1. The molecular formula is C19H17FN2O3. The number of piperidine rings is 1. The third-order valence-electron chi connectivity index (χ3n) is 4.41. The third-order valence-corrected chi connectivity index (χ3v) is 4.41. The largest absolute Gasteiger partial charge is 0.426 e. The molecule has 1 aliphatic heterocycles. The highest BCUT2D eigenvalue weighted by atomic mass is 19.1. The van der Waals surface area contributed by atoms with E-state index < -0.39 is 0 Å². The van der Waals surface area contributed by atoms with E-state index in [4.69, 9.17) is 9.15 Å². The van der Waals surface area contributed by atoms with Crippen molar-refractivity contribution in [3.05, 3.63) is 54.3 Å². The van der Waals surface area contributed by atoms with Crippen molar-refractivity contribution >= 4 is 23.1 Å². The monoisotopic (exact) mass is 340 g/mol. The van der Waals surface area contributed by atoms with E-state index in [-0.39, 0.29) is 17.7 Å². The fourth-order valence-corrected chi connectivity index (χ4v) is 3.00. The number of hydrogen-bond donors (Lipinski definition) is 0. The quantitative estimate of drug-likeness (QED) is 0.536. The van der Waals surface area contributed by atoms with Gasteiger partial charge in [0.2, 0.25) is 0 Å². The molecule has 128 valence electrons. The topological polar surface area (TPSA) is 55.6 Å². The average molecular weight is 340 g/mol. The Morgan fingerprint density at radius 2 is 1.84 bits per heavy atom. The molecular weight excluding hydrogens is 323 g/mol. The smallest absolute Gasteiger partial charge is 0.314 e. The van der Waals surface area contributed by atoms with Crippen molar-refractivity contribution in [2.45, 2.75) is 12.8 Å². The number of nitrogens with zero attached hydrogens (tertiary/aromatic N) is 2. The number of esters is 1. The van der Waals surface area contributed by atoms with Gasteiger partial charge < -0.3 is 14.1 Å². The van der Waals surface area contributed by atoms with Crippen LogP contribution in [-0.2, 0) is 4.79 Å². The molecule has 4 rings (SSSR count). The molecule has 0 unspecified atom stereocenters. The van der Waals surface area contributed by atoms with E-state index >= 15 is 0 Å². The minimum Gasteiger partial charge on any atom is -0.426 e. The Balaban J connectivity index is 1.37. The lowest BCUT2D eigenvalue weighted by atomic mass is 9.97. The van der Waals surface area contributed by atoms with Crippen LogP contribution < -0.4 is 9.64 Å². The highest BCUT2D eigenvalue weighted by Gasteiger charge is 2.28. The highest BCUT2D eigenvalue weighted by Crippen LogP contribution is 2.27. The molecule has 2 aromatic carbocycles. The standard InChI is InChI=1S/C19H17FN2O3/c20-14-5-7-15(8-6-14)24-18(23)13-9-11-22(12-10-13)19-21-16-3-1-2-4-17(16)25-19/h1-8,13H,9-12H2. The molecule has 0 spiro atoms. The van der Waals surface area contributed by atoms with Crippen LogP contribution in [0.3, 0.4) is 0 Å². The molecule has 0 atom stereocenters.